The standard InChI is InChI=1S/C16H20N6/c1-5-21-16(20(3)4)18-15(19-21)13-8-7-12(2)11-14(13)22-10-6-9-17-22/h6-11H,5H2,1-4H3. The minimum absolute atomic E-state index is 0.719. The van der Waals surface area contributed by atoms with Gasteiger partial charge in [0.15, 0.2) is 5.82 Å². The second-order valence-electron chi connectivity index (χ2n) is 5.42. The maximum absolute atomic E-state index is 4.69. The molecule has 0 aliphatic heterocycles. The molecule has 6 heteroatoms. The summed E-state index contributed by atoms with van der Waals surface area (Å²) in [5.74, 6) is 1.57. The second-order valence-corrected chi connectivity index (χ2v) is 5.42. The zero-order chi connectivity index (χ0) is 15.7. The molecule has 22 heavy (non-hydrogen) atoms. The molecule has 114 valence electrons. The van der Waals surface area contributed by atoms with Crippen molar-refractivity contribution >= 4 is 5.95 Å². The van der Waals surface area contributed by atoms with Crippen LogP contribution in [0, 0.1) is 6.92 Å². The zero-order valence-corrected chi connectivity index (χ0v) is 13.4. The first-order chi connectivity index (χ1) is 10.6. The lowest BCUT2D eigenvalue weighted by Gasteiger charge is -2.10. The topological polar surface area (TPSA) is 51.8 Å². The Morgan fingerprint density at radius 3 is 2.64 bits per heavy atom. The van der Waals surface area contributed by atoms with Crippen LogP contribution in [0.3, 0.4) is 0 Å². The smallest absolute Gasteiger partial charge is 0.223 e. The number of hydrogen-bond acceptors (Lipinski definition) is 4. The fourth-order valence-electron chi connectivity index (χ4n) is 2.42. The zero-order valence-electron chi connectivity index (χ0n) is 13.4. The molecule has 2 heterocycles. The van der Waals surface area contributed by atoms with Gasteiger partial charge in [-0.1, -0.05) is 6.07 Å². The highest BCUT2D eigenvalue weighted by molar-refractivity contribution is 5.68. The van der Waals surface area contributed by atoms with Crippen molar-refractivity contribution in [1.82, 2.24) is 24.5 Å². The van der Waals surface area contributed by atoms with E-state index >= 15 is 0 Å². The van der Waals surface area contributed by atoms with Gasteiger partial charge in [-0.3, -0.25) is 0 Å². The fourth-order valence-corrected chi connectivity index (χ4v) is 2.42. The Hall–Kier alpha value is -2.63. The minimum atomic E-state index is 0.719. The summed E-state index contributed by atoms with van der Waals surface area (Å²) < 4.78 is 3.76. The van der Waals surface area contributed by atoms with Crippen LogP contribution in [-0.4, -0.2) is 38.6 Å². The fraction of sp³-hybridized carbons (Fsp3) is 0.312. The van der Waals surface area contributed by atoms with E-state index in [4.69, 9.17) is 0 Å². The Labute approximate surface area is 130 Å². The van der Waals surface area contributed by atoms with Crippen molar-refractivity contribution in [2.75, 3.05) is 19.0 Å². The van der Waals surface area contributed by atoms with E-state index in [1.807, 2.05) is 40.6 Å². The lowest BCUT2D eigenvalue weighted by molar-refractivity contribution is 0.654. The molecule has 2 aromatic heterocycles. The molecule has 0 bridgehead atoms. The van der Waals surface area contributed by atoms with Crippen LogP contribution in [0.25, 0.3) is 17.1 Å². The van der Waals surface area contributed by atoms with E-state index in [0.717, 1.165) is 29.6 Å². The van der Waals surface area contributed by atoms with Gasteiger partial charge in [-0.15, -0.1) is 5.10 Å². The molecular weight excluding hydrogens is 276 g/mol. The van der Waals surface area contributed by atoms with Gasteiger partial charge in [-0.05, 0) is 37.6 Å². The van der Waals surface area contributed by atoms with Crippen LogP contribution in [0.4, 0.5) is 5.95 Å². The number of nitrogens with zero attached hydrogens (tertiary/aromatic N) is 6. The molecule has 0 fully saturated rings. The van der Waals surface area contributed by atoms with Gasteiger partial charge in [0.1, 0.15) is 0 Å². The van der Waals surface area contributed by atoms with Crippen LogP contribution in [-0.2, 0) is 6.54 Å². The van der Waals surface area contributed by atoms with Gasteiger partial charge in [-0.25, -0.2) is 9.36 Å². The molecule has 0 N–H and O–H groups in total. The predicted octanol–water partition coefficient (Wildman–Crippen LogP) is 2.53. The van der Waals surface area contributed by atoms with Gasteiger partial charge in [0.2, 0.25) is 5.95 Å². The Bertz CT molecular complexity index is 770. The Balaban J connectivity index is 2.17. The average Bonchev–Trinajstić information content (AvgIpc) is 3.16. The Morgan fingerprint density at radius 1 is 1.23 bits per heavy atom. The highest BCUT2D eigenvalue weighted by Crippen LogP contribution is 2.26. The van der Waals surface area contributed by atoms with Crippen LogP contribution >= 0.6 is 0 Å². The number of rotatable bonds is 4. The average molecular weight is 296 g/mol. The molecule has 0 saturated heterocycles. The molecule has 6 nitrogen and oxygen atoms in total. The van der Waals surface area contributed by atoms with Crippen molar-refractivity contribution in [3.63, 3.8) is 0 Å². The van der Waals surface area contributed by atoms with Crippen molar-refractivity contribution < 1.29 is 0 Å². The summed E-state index contributed by atoms with van der Waals surface area (Å²) >= 11 is 0. The van der Waals surface area contributed by atoms with Crippen LogP contribution in [0.2, 0.25) is 0 Å². The molecular formula is C16H20N6. The number of benzene rings is 1. The van der Waals surface area contributed by atoms with E-state index in [0.29, 0.717) is 0 Å². The molecule has 0 unspecified atom stereocenters. The van der Waals surface area contributed by atoms with Gasteiger partial charge in [0, 0.05) is 38.6 Å². The molecule has 0 atom stereocenters. The number of aromatic nitrogens is 5. The second kappa shape index (κ2) is 5.63. The highest BCUT2D eigenvalue weighted by Gasteiger charge is 2.16. The van der Waals surface area contributed by atoms with Gasteiger partial charge in [0.25, 0.3) is 0 Å². The van der Waals surface area contributed by atoms with Gasteiger partial charge >= 0.3 is 0 Å². The summed E-state index contributed by atoms with van der Waals surface area (Å²) in [6.45, 7) is 4.92. The Kier molecular flexibility index (Phi) is 3.66. The van der Waals surface area contributed by atoms with Crippen LogP contribution < -0.4 is 4.90 Å². The normalized spacial score (nSPS) is 10.9. The molecule has 3 rings (SSSR count). The lowest BCUT2D eigenvalue weighted by Crippen LogP contribution is -2.15. The summed E-state index contributed by atoms with van der Waals surface area (Å²) in [6.07, 6.45) is 3.71. The molecule has 0 saturated carbocycles. The third kappa shape index (κ3) is 2.47. The van der Waals surface area contributed by atoms with E-state index in [1.165, 1.54) is 5.56 Å². The molecule has 1 aromatic carbocycles. The van der Waals surface area contributed by atoms with Crippen LogP contribution in [0.5, 0.6) is 0 Å². The SMILES string of the molecule is CCn1nc(-c2ccc(C)cc2-n2cccn2)nc1N(C)C. The van der Waals surface area contributed by atoms with E-state index < -0.39 is 0 Å². The quantitative estimate of drug-likeness (QED) is 0.742. The van der Waals surface area contributed by atoms with E-state index in [-0.39, 0.29) is 0 Å². The van der Waals surface area contributed by atoms with Crippen molar-refractivity contribution in [3.05, 3.63) is 42.2 Å². The number of hydrogen-bond donors (Lipinski definition) is 0. The van der Waals surface area contributed by atoms with Gasteiger partial charge in [-0.2, -0.15) is 10.1 Å². The first-order valence-corrected chi connectivity index (χ1v) is 7.33. The maximum atomic E-state index is 4.69. The molecule has 0 spiro atoms. The number of aryl methyl sites for hydroxylation is 2. The van der Waals surface area contributed by atoms with Crippen molar-refractivity contribution in [2.24, 2.45) is 0 Å². The molecule has 0 amide bonds. The van der Waals surface area contributed by atoms with E-state index in [1.54, 1.807) is 6.20 Å². The Morgan fingerprint density at radius 2 is 2.05 bits per heavy atom. The number of anilines is 1. The van der Waals surface area contributed by atoms with Crippen molar-refractivity contribution in [2.45, 2.75) is 20.4 Å². The van der Waals surface area contributed by atoms with E-state index in [9.17, 15) is 0 Å². The minimum Gasteiger partial charge on any atom is -0.347 e. The van der Waals surface area contributed by atoms with Crippen molar-refractivity contribution in [1.29, 1.82) is 0 Å². The first kappa shape index (κ1) is 14.3. The molecule has 0 radical (unpaired) electrons. The summed E-state index contributed by atoms with van der Waals surface area (Å²) in [5, 5.41) is 8.99. The van der Waals surface area contributed by atoms with Crippen LogP contribution in [0.1, 0.15) is 12.5 Å². The molecule has 3 aromatic rings. The molecule has 0 aliphatic carbocycles. The van der Waals surface area contributed by atoms with Gasteiger partial charge < -0.3 is 4.90 Å². The monoisotopic (exact) mass is 296 g/mol. The summed E-state index contributed by atoms with van der Waals surface area (Å²) in [7, 11) is 3.95. The third-order valence-corrected chi connectivity index (χ3v) is 3.50. The maximum Gasteiger partial charge on any atom is 0.223 e. The summed E-state index contributed by atoms with van der Waals surface area (Å²) in [5.41, 5.74) is 3.14. The van der Waals surface area contributed by atoms with Crippen LogP contribution in [0.15, 0.2) is 36.7 Å². The summed E-state index contributed by atoms with van der Waals surface area (Å²) in [4.78, 5) is 6.66. The highest BCUT2D eigenvalue weighted by atomic mass is 15.4. The largest absolute Gasteiger partial charge is 0.347 e. The third-order valence-electron chi connectivity index (χ3n) is 3.50. The lowest BCUT2D eigenvalue weighted by atomic mass is 10.1. The predicted molar refractivity (Wildman–Crippen MR) is 87.3 cm³/mol. The van der Waals surface area contributed by atoms with Crippen molar-refractivity contribution in [3.8, 4) is 17.1 Å². The van der Waals surface area contributed by atoms with E-state index in [2.05, 4.69) is 47.2 Å². The summed E-state index contributed by atoms with van der Waals surface area (Å²) in [6, 6.07) is 8.14. The first-order valence-electron chi connectivity index (χ1n) is 7.33. The van der Waals surface area contributed by atoms with Gasteiger partial charge in [0.05, 0.1) is 5.69 Å². The molecule has 0 aliphatic rings.